The summed E-state index contributed by atoms with van der Waals surface area (Å²) in [5.74, 6) is 0.919. The Balaban J connectivity index is 2.22. The molecule has 0 unspecified atom stereocenters. The molecule has 1 aliphatic rings. The third kappa shape index (κ3) is 5.27. The molecule has 0 radical (unpaired) electrons. The topological polar surface area (TPSA) is 18.5 Å². The van der Waals surface area contributed by atoms with E-state index in [4.69, 9.17) is 9.47 Å². The molecule has 0 aromatic carbocycles. The Bertz CT molecular complexity index is 189. The minimum atomic E-state index is 0.0846. The maximum atomic E-state index is 6.09. The van der Waals surface area contributed by atoms with Crippen LogP contribution in [-0.4, -0.2) is 30.8 Å². The Morgan fingerprint density at radius 1 is 1.12 bits per heavy atom. The molecule has 0 bridgehead atoms. The van der Waals surface area contributed by atoms with Crippen LogP contribution in [0.4, 0.5) is 0 Å². The summed E-state index contributed by atoms with van der Waals surface area (Å²) < 4.78 is 11.6. The summed E-state index contributed by atoms with van der Waals surface area (Å²) in [5.41, 5.74) is 0.0846. The quantitative estimate of drug-likeness (QED) is 0.495. The first-order chi connectivity index (χ1) is 8.26. The summed E-state index contributed by atoms with van der Waals surface area (Å²) in [6.07, 6.45) is 7.44. The fourth-order valence-electron chi connectivity index (χ4n) is 2.49. The third-order valence-corrected chi connectivity index (χ3v) is 4.84. The van der Waals surface area contributed by atoms with E-state index in [-0.39, 0.29) is 5.60 Å². The molecule has 1 rings (SSSR count). The lowest BCUT2D eigenvalue weighted by molar-refractivity contribution is -0.0788. The van der Waals surface area contributed by atoms with Gasteiger partial charge in [-0.25, -0.2) is 0 Å². The summed E-state index contributed by atoms with van der Waals surface area (Å²) in [4.78, 5) is 0. The molecule has 3 heteroatoms. The number of hydrogen-bond acceptors (Lipinski definition) is 2. The Morgan fingerprint density at radius 2 is 1.82 bits per heavy atom. The van der Waals surface area contributed by atoms with Gasteiger partial charge < -0.3 is 9.47 Å². The molecule has 0 amide bonds. The van der Waals surface area contributed by atoms with Gasteiger partial charge in [-0.2, -0.15) is 0 Å². The van der Waals surface area contributed by atoms with Crippen LogP contribution in [0.25, 0.3) is 0 Å². The van der Waals surface area contributed by atoms with Crippen molar-refractivity contribution in [2.24, 2.45) is 5.92 Å². The van der Waals surface area contributed by atoms with E-state index >= 15 is 0 Å². The minimum absolute atomic E-state index is 0.0846. The van der Waals surface area contributed by atoms with Gasteiger partial charge >= 0.3 is 0 Å². The molecular formula is C14H27BrO2. The summed E-state index contributed by atoms with van der Waals surface area (Å²) in [6, 6.07) is 0. The lowest BCUT2D eigenvalue weighted by atomic mass is 9.79. The van der Waals surface area contributed by atoms with Crippen LogP contribution in [-0.2, 0) is 9.47 Å². The van der Waals surface area contributed by atoms with Gasteiger partial charge in [0.2, 0.25) is 0 Å². The molecule has 2 nitrogen and oxygen atoms in total. The third-order valence-electron chi connectivity index (χ3n) is 3.82. The van der Waals surface area contributed by atoms with E-state index < -0.39 is 0 Å². The van der Waals surface area contributed by atoms with E-state index in [1.54, 1.807) is 0 Å². The van der Waals surface area contributed by atoms with Gasteiger partial charge in [-0.05, 0) is 38.0 Å². The van der Waals surface area contributed by atoms with Gasteiger partial charge in [0, 0.05) is 11.9 Å². The molecule has 0 atom stereocenters. The summed E-state index contributed by atoms with van der Waals surface area (Å²) >= 11 is 3.63. The normalized spacial score (nSPS) is 29.5. The van der Waals surface area contributed by atoms with Crippen molar-refractivity contribution in [1.82, 2.24) is 0 Å². The first-order valence-corrected chi connectivity index (χ1v) is 8.16. The standard InChI is InChI=1S/C14H27BrO2/c1-3-9-16-10-11-17-14(12-15)7-5-13(4-2)6-8-14/h13H,3-12H2,1-2H3. The molecule has 1 aliphatic carbocycles. The molecule has 1 saturated carbocycles. The number of halogens is 1. The first kappa shape index (κ1) is 15.5. The highest BCUT2D eigenvalue weighted by atomic mass is 79.9. The van der Waals surface area contributed by atoms with Crippen LogP contribution in [0.5, 0.6) is 0 Å². The zero-order valence-electron chi connectivity index (χ0n) is 11.3. The zero-order valence-corrected chi connectivity index (χ0v) is 12.9. The lowest BCUT2D eigenvalue weighted by Gasteiger charge is -2.38. The van der Waals surface area contributed by atoms with Crippen molar-refractivity contribution in [1.29, 1.82) is 0 Å². The lowest BCUT2D eigenvalue weighted by Crippen LogP contribution is -2.39. The molecule has 102 valence electrons. The second-order valence-corrected chi connectivity index (χ2v) is 5.69. The van der Waals surface area contributed by atoms with E-state index in [9.17, 15) is 0 Å². The fraction of sp³-hybridized carbons (Fsp3) is 1.00. The van der Waals surface area contributed by atoms with Crippen molar-refractivity contribution in [2.45, 2.75) is 58.0 Å². The summed E-state index contributed by atoms with van der Waals surface area (Å²) in [5, 5.41) is 0.963. The number of hydrogen-bond donors (Lipinski definition) is 0. The maximum absolute atomic E-state index is 6.09. The highest BCUT2D eigenvalue weighted by molar-refractivity contribution is 9.09. The number of ether oxygens (including phenoxy) is 2. The number of alkyl halides is 1. The van der Waals surface area contributed by atoms with Crippen LogP contribution in [0.1, 0.15) is 52.4 Å². The van der Waals surface area contributed by atoms with Gasteiger partial charge in [0.05, 0.1) is 18.8 Å². The predicted octanol–water partition coefficient (Wildman–Crippen LogP) is 4.16. The van der Waals surface area contributed by atoms with Crippen LogP contribution < -0.4 is 0 Å². The van der Waals surface area contributed by atoms with Crippen LogP contribution in [0.15, 0.2) is 0 Å². The van der Waals surface area contributed by atoms with Gasteiger partial charge in [-0.1, -0.05) is 36.2 Å². The molecule has 1 fully saturated rings. The van der Waals surface area contributed by atoms with Crippen LogP contribution in [0.3, 0.4) is 0 Å². The fourth-order valence-corrected chi connectivity index (χ4v) is 3.21. The number of rotatable bonds is 8. The zero-order chi connectivity index (χ0) is 12.6. The first-order valence-electron chi connectivity index (χ1n) is 7.04. The van der Waals surface area contributed by atoms with Crippen molar-refractivity contribution in [2.75, 3.05) is 25.2 Å². The van der Waals surface area contributed by atoms with Crippen molar-refractivity contribution >= 4 is 15.9 Å². The van der Waals surface area contributed by atoms with Crippen molar-refractivity contribution in [3.63, 3.8) is 0 Å². The average Bonchev–Trinajstić information content (AvgIpc) is 2.39. The van der Waals surface area contributed by atoms with Gasteiger partial charge in [0.1, 0.15) is 0 Å². The van der Waals surface area contributed by atoms with Crippen LogP contribution in [0.2, 0.25) is 0 Å². The maximum Gasteiger partial charge on any atom is 0.0780 e. The van der Waals surface area contributed by atoms with E-state index in [2.05, 4.69) is 29.8 Å². The Morgan fingerprint density at radius 3 is 2.35 bits per heavy atom. The largest absolute Gasteiger partial charge is 0.379 e. The summed E-state index contributed by atoms with van der Waals surface area (Å²) in [7, 11) is 0. The Hall–Kier alpha value is 0.400. The van der Waals surface area contributed by atoms with E-state index in [0.29, 0.717) is 0 Å². The molecule has 0 N–H and O–H groups in total. The summed E-state index contributed by atoms with van der Waals surface area (Å²) in [6.45, 7) is 6.75. The van der Waals surface area contributed by atoms with Gasteiger partial charge in [0.15, 0.2) is 0 Å². The van der Waals surface area contributed by atoms with E-state index in [1.807, 2.05) is 0 Å². The molecule has 0 spiro atoms. The molecule has 0 aliphatic heterocycles. The molecule has 17 heavy (non-hydrogen) atoms. The van der Waals surface area contributed by atoms with Gasteiger partial charge in [-0.3, -0.25) is 0 Å². The SMILES string of the molecule is CCCOCCOC1(CBr)CCC(CC)CC1. The predicted molar refractivity (Wildman–Crippen MR) is 75.8 cm³/mol. The smallest absolute Gasteiger partial charge is 0.0780 e. The van der Waals surface area contributed by atoms with Gasteiger partial charge in [0.25, 0.3) is 0 Å². The van der Waals surface area contributed by atoms with Crippen molar-refractivity contribution < 1.29 is 9.47 Å². The molecule has 0 aromatic rings. The Kier molecular flexibility index (Phi) is 7.72. The Labute approximate surface area is 115 Å². The van der Waals surface area contributed by atoms with Crippen LogP contribution >= 0.6 is 15.9 Å². The second kappa shape index (κ2) is 8.49. The molecule has 0 aromatic heterocycles. The monoisotopic (exact) mass is 306 g/mol. The average molecular weight is 307 g/mol. The van der Waals surface area contributed by atoms with Crippen molar-refractivity contribution in [3.8, 4) is 0 Å². The highest BCUT2D eigenvalue weighted by Gasteiger charge is 2.34. The van der Waals surface area contributed by atoms with Gasteiger partial charge in [-0.15, -0.1) is 0 Å². The second-order valence-electron chi connectivity index (χ2n) is 5.13. The highest BCUT2D eigenvalue weighted by Crippen LogP contribution is 2.37. The molecular weight excluding hydrogens is 280 g/mol. The minimum Gasteiger partial charge on any atom is -0.379 e. The molecule has 0 saturated heterocycles. The van der Waals surface area contributed by atoms with E-state index in [1.165, 1.54) is 32.1 Å². The van der Waals surface area contributed by atoms with Crippen molar-refractivity contribution in [3.05, 3.63) is 0 Å². The molecule has 0 heterocycles. The van der Waals surface area contributed by atoms with Crippen LogP contribution in [0, 0.1) is 5.92 Å². The van der Waals surface area contributed by atoms with E-state index in [0.717, 1.165) is 37.5 Å².